The Morgan fingerprint density at radius 2 is 2.06 bits per heavy atom. The van der Waals surface area contributed by atoms with Crippen molar-refractivity contribution < 1.29 is 9.53 Å². The monoisotopic (exact) mass is 435 g/mol. The van der Waals surface area contributed by atoms with Gasteiger partial charge in [-0.25, -0.2) is 15.0 Å². The molecular weight excluding hydrogens is 410 g/mol. The van der Waals surface area contributed by atoms with Gasteiger partial charge in [-0.15, -0.1) is 0 Å². The molecule has 11 nitrogen and oxygen atoms in total. The maximum absolute atomic E-state index is 12.8. The van der Waals surface area contributed by atoms with E-state index in [4.69, 9.17) is 14.7 Å². The van der Waals surface area contributed by atoms with Gasteiger partial charge in [0.2, 0.25) is 5.88 Å². The maximum Gasteiger partial charge on any atom is 0.289 e. The van der Waals surface area contributed by atoms with Crippen molar-refractivity contribution in [1.82, 2.24) is 43.8 Å². The summed E-state index contributed by atoms with van der Waals surface area (Å²) in [4.78, 5) is 32.6. The Bertz CT molecular complexity index is 1300. The van der Waals surface area contributed by atoms with E-state index in [-0.39, 0.29) is 12.0 Å². The van der Waals surface area contributed by atoms with E-state index in [1.54, 1.807) is 34.4 Å². The van der Waals surface area contributed by atoms with Gasteiger partial charge < -0.3 is 18.8 Å². The number of aryl methyl sites for hydroxylation is 3. The lowest BCUT2D eigenvalue weighted by molar-refractivity contribution is 0.0756. The Balaban J connectivity index is 1.43. The van der Waals surface area contributed by atoms with Crippen molar-refractivity contribution in [3.63, 3.8) is 0 Å². The maximum atomic E-state index is 12.8. The number of carbonyl (C=O) groups is 1. The molecule has 32 heavy (non-hydrogen) atoms. The van der Waals surface area contributed by atoms with Crippen molar-refractivity contribution in [3.8, 4) is 17.3 Å². The van der Waals surface area contributed by atoms with Gasteiger partial charge in [-0.2, -0.15) is 10.1 Å². The normalized spacial score (nSPS) is 16.2. The quantitative estimate of drug-likeness (QED) is 0.468. The molecule has 1 amide bonds. The summed E-state index contributed by atoms with van der Waals surface area (Å²) in [6, 6.07) is 0. The third kappa shape index (κ3) is 3.29. The number of fused-ring (bicyclic) bond motifs is 1. The number of imidazole rings is 2. The van der Waals surface area contributed by atoms with Crippen molar-refractivity contribution in [2.24, 2.45) is 14.1 Å². The molecule has 1 aliphatic heterocycles. The first-order chi connectivity index (χ1) is 15.5. The highest BCUT2D eigenvalue weighted by Gasteiger charge is 2.31. The molecule has 0 saturated carbocycles. The van der Waals surface area contributed by atoms with E-state index in [2.05, 4.69) is 15.1 Å². The summed E-state index contributed by atoms with van der Waals surface area (Å²) in [5.74, 6) is 1.29. The fourth-order valence-electron chi connectivity index (χ4n) is 4.05. The number of amides is 1. The zero-order valence-corrected chi connectivity index (χ0v) is 18.6. The smallest absolute Gasteiger partial charge is 0.289 e. The largest absolute Gasteiger partial charge is 0.471 e. The fourth-order valence-corrected chi connectivity index (χ4v) is 4.05. The SMILES string of the molecule is CCn1ncc(-c2nc(OC3CCN(C(=O)c4nccn4C)C3)c3ncn(C)c3n2)c1C. The molecule has 1 unspecified atom stereocenters. The predicted octanol–water partition coefficient (Wildman–Crippen LogP) is 1.58. The summed E-state index contributed by atoms with van der Waals surface area (Å²) in [5.41, 5.74) is 3.14. The van der Waals surface area contributed by atoms with Gasteiger partial charge in [-0.05, 0) is 13.8 Å². The van der Waals surface area contributed by atoms with Crippen LogP contribution in [0.4, 0.5) is 0 Å². The average molecular weight is 435 g/mol. The second kappa shape index (κ2) is 7.74. The van der Waals surface area contributed by atoms with E-state index in [1.165, 1.54) is 0 Å². The highest BCUT2D eigenvalue weighted by Crippen LogP contribution is 2.29. The second-order valence-electron chi connectivity index (χ2n) is 7.98. The minimum atomic E-state index is -0.188. The van der Waals surface area contributed by atoms with Gasteiger partial charge in [0.1, 0.15) is 6.10 Å². The molecule has 1 saturated heterocycles. The van der Waals surface area contributed by atoms with Crippen molar-refractivity contribution >= 4 is 17.1 Å². The summed E-state index contributed by atoms with van der Waals surface area (Å²) < 4.78 is 11.8. The molecule has 0 bridgehead atoms. The van der Waals surface area contributed by atoms with Crippen molar-refractivity contribution in [2.45, 2.75) is 32.9 Å². The van der Waals surface area contributed by atoms with Crippen LogP contribution in [0.1, 0.15) is 29.7 Å². The van der Waals surface area contributed by atoms with Crippen LogP contribution >= 0.6 is 0 Å². The van der Waals surface area contributed by atoms with Crippen LogP contribution in [0.5, 0.6) is 5.88 Å². The molecule has 0 aromatic carbocycles. The first kappa shape index (κ1) is 20.2. The summed E-state index contributed by atoms with van der Waals surface area (Å²) in [6.45, 7) is 5.88. The van der Waals surface area contributed by atoms with Crippen LogP contribution < -0.4 is 4.74 Å². The summed E-state index contributed by atoms with van der Waals surface area (Å²) >= 11 is 0. The third-order valence-electron chi connectivity index (χ3n) is 5.89. The number of aromatic nitrogens is 8. The summed E-state index contributed by atoms with van der Waals surface area (Å²) in [6.07, 6.45) is 7.38. The lowest BCUT2D eigenvalue weighted by Gasteiger charge is -2.17. The third-order valence-corrected chi connectivity index (χ3v) is 5.89. The number of hydrogen-bond donors (Lipinski definition) is 0. The molecule has 11 heteroatoms. The zero-order valence-electron chi connectivity index (χ0n) is 18.6. The van der Waals surface area contributed by atoms with E-state index in [9.17, 15) is 4.79 Å². The molecule has 0 radical (unpaired) electrons. The standard InChI is InChI=1S/C21H25N9O2/c1-5-30-13(2)15(10-24-30)17-25-18-16(23-12-28(18)4)20(26-17)32-14-6-8-29(11-14)21(31)19-22-7-9-27(19)3/h7,9-10,12,14H,5-6,8,11H2,1-4H3. The van der Waals surface area contributed by atoms with E-state index in [0.29, 0.717) is 48.2 Å². The molecular formula is C21H25N9O2. The number of likely N-dealkylation sites (tertiary alicyclic amines) is 1. The summed E-state index contributed by atoms with van der Waals surface area (Å²) in [7, 11) is 3.70. The van der Waals surface area contributed by atoms with Gasteiger partial charge in [-0.3, -0.25) is 9.48 Å². The summed E-state index contributed by atoms with van der Waals surface area (Å²) in [5, 5.41) is 4.42. The lowest BCUT2D eigenvalue weighted by atomic mass is 10.2. The first-order valence-electron chi connectivity index (χ1n) is 10.6. The minimum absolute atomic E-state index is 0.0995. The fraction of sp³-hybridized carbons (Fsp3) is 0.429. The number of rotatable bonds is 5. The lowest BCUT2D eigenvalue weighted by Crippen LogP contribution is -2.32. The van der Waals surface area contributed by atoms with Crippen LogP contribution in [-0.4, -0.2) is 68.9 Å². The van der Waals surface area contributed by atoms with E-state index >= 15 is 0 Å². The van der Waals surface area contributed by atoms with Gasteiger partial charge in [0.25, 0.3) is 5.91 Å². The molecule has 1 atom stereocenters. The van der Waals surface area contributed by atoms with E-state index in [1.807, 2.05) is 37.2 Å². The van der Waals surface area contributed by atoms with Gasteiger partial charge in [0, 0.05) is 51.7 Å². The van der Waals surface area contributed by atoms with Crippen LogP contribution in [-0.2, 0) is 20.6 Å². The van der Waals surface area contributed by atoms with Crippen LogP contribution in [0.25, 0.3) is 22.6 Å². The van der Waals surface area contributed by atoms with E-state index in [0.717, 1.165) is 17.8 Å². The Morgan fingerprint density at radius 3 is 2.78 bits per heavy atom. The molecule has 5 rings (SSSR count). The zero-order chi connectivity index (χ0) is 22.4. The van der Waals surface area contributed by atoms with E-state index < -0.39 is 0 Å². The van der Waals surface area contributed by atoms with Crippen LogP contribution in [0.3, 0.4) is 0 Å². The highest BCUT2D eigenvalue weighted by atomic mass is 16.5. The Morgan fingerprint density at radius 1 is 1.22 bits per heavy atom. The van der Waals surface area contributed by atoms with Crippen LogP contribution in [0.2, 0.25) is 0 Å². The van der Waals surface area contributed by atoms with Crippen molar-refractivity contribution in [2.75, 3.05) is 13.1 Å². The Kier molecular flexibility index (Phi) is 4.87. The Hall–Kier alpha value is -3.76. The Labute approximate surface area is 184 Å². The number of nitrogens with zero attached hydrogens (tertiary/aromatic N) is 9. The highest BCUT2D eigenvalue weighted by molar-refractivity contribution is 5.91. The van der Waals surface area contributed by atoms with Gasteiger partial charge >= 0.3 is 0 Å². The van der Waals surface area contributed by atoms with Crippen LogP contribution in [0, 0.1) is 6.92 Å². The van der Waals surface area contributed by atoms with Gasteiger partial charge in [-0.1, -0.05) is 0 Å². The molecule has 166 valence electrons. The average Bonchev–Trinajstić information content (AvgIpc) is 3.56. The number of ether oxygens (including phenoxy) is 1. The molecule has 0 spiro atoms. The molecule has 0 aliphatic carbocycles. The molecule has 4 aromatic rings. The van der Waals surface area contributed by atoms with Crippen LogP contribution in [0.15, 0.2) is 24.9 Å². The predicted molar refractivity (Wildman–Crippen MR) is 116 cm³/mol. The number of carbonyl (C=O) groups excluding carboxylic acids is 1. The molecule has 4 aromatic heterocycles. The van der Waals surface area contributed by atoms with Gasteiger partial charge in [0.05, 0.1) is 24.6 Å². The molecule has 1 aliphatic rings. The van der Waals surface area contributed by atoms with Crippen molar-refractivity contribution in [1.29, 1.82) is 0 Å². The topological polar surface area (TPSA) is 109 Å². The number of hydrogen-bond acceptors (Lipinski definition) is 7. The second-order valence-corrected chi connectivity index (χ2v) is 7.98. The molecule has 5 heterocycles. The first-order valence-corrected chi connectivity index (χ1v) is 10.6. The van der Waals surface area contributed by atoms with Crippen molar-refractivity contribution in [3.05, 3.63) is 36.4 Å². The van der Waals surface area contributed by atoms with Gasteiger partial charge in [0.15, 0.2) is 22.8 Å². The molecule has 1 fully saturated rings. The molecule has 0 N–H and O–H groups in total. The minimum Gasteiger partial charge on any atom is -0.471 e.